The molecule has 1 heterocycles. The Morgan fingerprint density at radius 3 is 2.77 bits per heavy atom. The van der Waals surface area contributed by atoms with Crippen molar-refractivity contribution >= 4 is 17.0 Å². The second kappa shape index (κ2) is 5.70. The highest BCUT2D eigenvalue weighted by molar-refractivity contribution is 5.94. The van der Waals surface area contributed by atoms with Crippen molar-refractivity contribution in [2.45, 2.75) is 6.92 Å². The quantitative estimate of drug-likeness (QED) is 0.696. The summed E-state index contributed by atoms with van der Waals surface area (Å²) < 4.78 is 6.84. The third kappa shape index (κ3) is 2.42. The zero-order valence-electron chi connectivity index (χ0n) is 12.0. The smallest absolute Gasteiger partial charge is 0.339 e. The first-order chi connectivity index (χ1) is 10.7. The van der Waals surface area contributed by atoms with Gasteiger partial charge in [-0.25, -0.2) is 9.78 Å². The van der Waals surface area contributed by atoms with Gasteiger partial charge in [-0.2, -0.15) is 5.26 Å². The molecule has 0 amide bonds. The van der Waals surface area contributed by atoms with Crippen LogP contribution >= 0.6 is 0 Å². The predicted molar refractivity (Wildman–Crippen MR) is 81.7 cm³/mol. The zero-order valence-corrected chi connectivity index (χ0v) is 12.0. The van der Waals surface area contributed by atoms with E-state index in [1.54, 1.807) is 18.2 Å². The summed E-state index contributed by atoms with van der Waals surface area (Å²) >= 11 is 0. The first-order valence-corrected chi connectivity index (χ1v) is 6.79. The molecule has 22 heavy (non-hydrogen) atoms. The van der Waals surface area contributed by atoms with E-state index in [9.17, 15) is 4.79 Å². The minimum absolute atomic E-state index is 0.256. The molecule has 0 spiro atoms. The maximum atomic E-state index is 11.8. The van der Waals surface area contributed by atoms with Crippen molar-refractivity contribution in [2.75, 3.05) is 6.61 Å². The molecular formula is C17H13N3O2. The standard InChI is InChI=1S/C17H13N3O2/c1-12-19-15-11-13(17(21)22-10-9-18)7-8-16(15)20(12)14-5-3-2-4-6-14/h2-8,11H,10H2,1H3. The van der Waals surface area contributed by atoms with Crippen LogP contribution in [-0.2, 0) is 4.74 Å². The first kappa shape index (κ1) is 13.8. The summed E-state index contributed by atoms with van der Waals surface area (Å²) in [5.41, 5.74) is 3.04. The van der Waals surface area contributed by atoms with Crippen LogP contribution in [0.25, 0.3) is 16.7 Å². The fraction of sp³-hybridized carbons (Fsp3) is 0.118. The molecule has 0 bridgehead atoms. The van der Waals surface area contributed by atoms with Crippen LogP contribution in [0.2, 0.25) is 0 Å². The van der Waals surface area contributed by atoms with Gasteiger partial charge in [-0.1, -0.05) is 18.2 Å². The normalized spacial score (nSPS) is 10.4. The van der Waals surface area contributed by atoms with Crippen LogP contribution in [0.4, 0.5) is 0 Å². The van der Waals surface area contributed by atoms with Crippen molar-refractivity contribution in [1.29, 1.82) is 5.26 Å². The molecule has 0 N–H and O–H groups in total. The lowest BCUT2D eigenvalue weighted by atomic mass is 10.2. The lowest BCUT2D eigenvalue weighted by molar-refractivity contribution is 0.0555. The van der Waals surface area contributed by atoms with Crippen molar-refractivity contribution < 1.29 is 9.53 Å². The number of aromatic nitrogens is 2. The van der Waals surface area contributed by atoms with Gasteiger partial charge in [-0.15, -0.1) is 0 Å². The predicted octanol–water partition coefficient (Wildman–Crippen LogP) is 3.01. The van der Waals surface area contributed by atoms with Gasteiger partial charge in [0.1, 0.15) is 11.9 Å². The molecule has 0 fully saturated rings. The van der Waals surface area contributed by atoms with Crippen molar-refractivity contribution in [1.82, 2.24) is 9.55 Å². The average molecular weight is 291 g/mol. The third-order valence-corrected chi connectivity index (χ3v) is 3.34. The number of hydrogen-bond acceptors (Lipinski definition) is 4. The maximum absolute atomic E-state index is 11.8. The van der Waals surface area contributed by atoms with Gasteiger partial charge >= 0.3 is 5.97 Å². The van der Waals surface area contributed by atoms with Gasteiger partial charge < -0.3 is 4.74 Å². The Morgan fingerprint density at radius 1 is 1.27 bits per heavy atom. The Bertz CT molecular complexity index is 876. The Morgan fingerprint density at radius 2 is 2.05 bits per heavy atom. The van der Waals surface area contributed by atoms with E-state index in [-0.39, 0.29) is 6.61 Å². The van der Waals surface area contributed by atoms with E-state index in [1.807, 2.05) is 47.9 Å². The summed E-state index contributed by atoms with van der Waals surface area (Å²) in [6, 6.07) is 16.9. The Balaban J connectivity index is 2.06. The van der Waals surface area contributed by atoms with Crippen LogP contribution in [0, 0.1) is 18.3 Å². The number of ether oxygens (including phenoxy) is 1. The second-order valence-electron chi connectivity index (χ2n) is 4.77. The zero-order chi connectivity index (χ0) is 15.5. The Hall–Kier alpha value is -3.13. The molecular weight excluding hydrogens is 278 g/mol. The van der Waals surface area contributed by atoms with Crippen LogP contribution < -0.4 is 0 Å². The second-order valence-corrected chi connectivity index (χ2v) is 4.77. The summed E-state index contributed by atoms with van der Waals surface area (Å²) in [6.07, 6.45) is 0. The van der Waals surface area contributed by atoms with Crippen LogP contribution in [0.15, 0.2) is 48.5 Å². The van der Waals surface area contributed by atoms with Crippen molar-refractivity contribution in [2.24, 2.45) is 0 Å². The molecule has 0 atom stereocenters. The van der Waals surface area contributed by atoms with Gasteiger partial charge in [0.15, 0.2) is 6.61 Å². The number of fused-ring (bicyclic) bond motifs is 1. The highest BCUT2D eigenvalue weighted by Gasteiger charge is 2.13. The number of hydrogen-bond donors (Lipinski definition) is 0. The third-order valence-electron chi connectivity index (χ3n) is 3.34. The summed E-state index contributed by atoms with van der Waals surface area (Å²) in [5.74, 6) is 0.319. The molecule has 0 unspecified atom stereocenters. The van der Waals surface area contributed by atoms with Crippen molar-refractivity contribution in [3.05, 3.63) is 59.9 Å². The topological polar surface area (TPSA) is 67.9 Å². The average Bonchev–Trinajstić information content (AvgIpc) is 2.88. The molecule has 3 rings (SSSR count). The van der Waals surface area contributed by atoms with E-state index < -0.39 is 5.97 Å². The van der Waals surface area contributed by atoms with Crippen LogP contribution in [0.1, 0.15) is 16.2 Å². The lowest BCUT2D eigenvalue weighted by Gasteiger charge is -2.06. The minimum Gasteiger partial charge on any atom is -0.447 e. The number of nitriles is 1. The van der Waals surface area contributed by atoms with Crippen LogP contribution in [0.3, 0.4) is 0 Å². The van der Waals surface area contributed by atoms with E-state index in [4.69, 9.17) is 10.00 Å². The van der Waals surface area contributed by atoms with E-state index in [0.717, 1.165) is 17.0 Å². The highest BCUT2D eigenvalue weighted by Crippen LogP contribution is 2.22. The molecule has 0 radical (unpaired) electrons. The molecule has 0 aliphatic carbocycles. The number of para-hydroxylation sites is 1. The van der Waals surface area contributed by atoms with Gasteiger partial charge in [-0.3, -0.25) is 4.57 Å². The molecule has 0 aliphatic rings. The molecule has 3 aromatic rings. The summed E-state index contributed by atoms with van der Waals surface area (Å²) in [7, 11) is 0. The number of carbonyl (C=O) groups excluding carboxylic acids is 1. The van der Waals surface area contributed by atoms with Gasteiger partial charge in [0.05, 0.1) is 16.6 Å². The molecule has 0 saturated heterocycles. The lowest BCUT2D eigenvalue weighted by Crippen LogP contribution is -2.05. The molecule has 108 valence electrons. The van der Waals surface area contributed by atoms with E-state index in [0.29, 0.717) is 11.1 Å². The van der Waals surface area contributed by atoms with E-state index in [1.165, 1.54) is 0 Å². The molecule has 2 aromatic carbocycles. The van der Waals surface area contributed by atoms with Gasteiger partial charge in [-0.05, 0) is 37.3 Å². The van der Waals surface area contributed by atoms with Crippen LogP contribution in [0.5, 0.6) is 0 Å². The Labute approximate surface area is 127 Å². The number of imidazole rings is 1. The SMILES string of the molecule is Cc1nc2cc(C(=O)OCC#N)ccc2n1-c1ccccc1. The fourth-order valence-corrected chi connectivity index (χ4v) is 2.41. The fourth-order valence-electron chi connectivity index (χ4n) is 2.41. The number of carbonyl (C=O) groups is 1. The van der Waals surface area contributed by atoms with Gasteiger partial charge in [0.2, 0.25) is 0 Å². The maximum Gasteiger partial charge on any atom is 0.339 e. The number of benzene rings is 2. The van der Waals surface area contributed by atoms with Crippen molar-refractivity contribution in [3.8, 4) is 11.8 Å². The Kier molecular flexibility index (Phi) is 3.58. The number of nitrogens with zero attached hydrogens (tertiary/aromatic N) is 3. The number of aryl methyl sites for hydroxylation is 1. The first-order valence-electron chi connectivity index (χ1n) is 6.79. The molecule has 0 saturated carbocycles. The minimum atomic E-state index is -0.518. The highest BCUT2D eigenvalue weighted by atomic mass is 16.5. The van der Waals surface area contributed by atoms with E-state index >= 15 is 0 Å². The largest absolute Gasteiger partial charge is 0.447 e. The van der Waals surface area contributed by atoms with E-state index in [2.05, 4.69) is 4.98 Å². The van der Waals surface area contributed by atoms with Crippen molar-refractivity contribution in [3.63, 3.8) is 0 Å². The molecule has 0 aliphatic heterocycles. The number of rotatable bonds is 3. The van der Waals surface area contributed by atoms with Crippen LogP contribution in [-0.4, -0.2) is 22.1 Å². The van der Waals surface area contributed by atoms with Gasteiger partial charge in [0, 0.05) is 5.69 Å². The summed E-state index contributed by atoms with van der Waals surface area (Å²) in [4.78, 5) is 16.3. The summed E-state index contributed by atoms with van der Waals surface area (Å²) in [5, 5.41) is 8.46. The molecule has 5 heteroatoms. The van der Waals surface area contributed by atoms with Gasteiger partial charge in [0.25, 0.3) is 0 Å². The number of esters is 1. The molecule has 5 nitrogen and oxygen atoms in total. The molecule has 1 aromatic heterocycles. The summed E-state index contributed by atoms with van der Waals surface area (Å²) in [6.45, 7) is 1.66. The monoisotopic (exact) mass is 291 g/mol.